The van der Waals surface area contributed by atoms with Gasteiger partial charge >= 0.3 is 6.03 Å². The molecule has 0 aliphatic carbocycles. The topological polar surface area (TPSA) is 59.6 Å². The lowest BCUT2D eigenvalue weighted by Gasteiger charge is -2.15. The van der Waals surface area contributed by atoms with Gasteiger partial charge in [-0.1, -0.05) is 30.3 Å². The van der Waals surface area contributed by atoms with Crippen LogP contribution in [0.5, 0.6) is 11.5 Å². The van der Waals surface area contributed by atoms with Gasteiger partial charge in [-0.05, 0) is 31.0 Å². The van der Waals surface area contributed by atoms with E-state index in [1.54, 1.807) is 25.3 Å². The molecule has 0 spiro atoms. The van der Waals surface area contributed by atoms with Gasteiger partial charge in [-0.2, -0.15) is 0 Å². The number of methoxy groups -OCH3 is 1. The van der Waals surface area contributed by atoms with E-state index < -0.39 is 0 Å². The van der Waals surface area contributed by atoms with Gasteiger partial charge in [0, 0.05) is 23.7 Å². The average Bonchev–Trinajstić information content (AvgIpc) is 2.61. The smallest absolute Gasteiger partial charge is 0.319 e. The van der Waals surface area contributed by atoms with Crippen LogP contribution in [0.2, 0.25) is 0 Å². The van der Waals surface area contributed by atoms with Crippen molar-refractivity contribution in [3.05, 3.63) is 54.1 Å². The molecule has 134 valence electrons. The van der Waals surface area contributed by atoms with Crippen LogP contribution in [0, 0.1) is 0 Å². The monoisotopic (exact) mass is 362 g/mol. The molecule has 0 radical (unpaired) electrons. The molecule has 0 saturated carbocycles. The Morgan fingerprint density at radius 2 is 1.92 bits per heavy atom. The number of urea groups is 1. The molecule has 2 N–H and O–H groups in total. The number of ether oxygens (including phenoxy) is 2. The van der Waals surface area contributed by atoms with Crippen LogP contribution >= 0.6 is 11.6 Å². The minimum Gasteiger partial charge on any atom is -0.493 e. The minimum absolute atomic E-state index is 0.00421. The Morgan fingerprint density at radius 1 is 1.16 bits per heavy atom. The summed E-state index contributed by atoms with van der Waals surface area (Å²) >= 11 is 5.68. The summed E-state index contributed by atoms with van der Waals surface area (Å²) < 4.78 is 11.2. The van der Waals surface area contributed by atoms with Crippen LogP contribution in [0.25, 0.3) is 0 Å². The highest BCUT2D eigenvalue weighted by atomic mass is 35.5. The third-order valence-electron chi connectivity index (χ3n) is 3.58. The van der Waals surface area contributed by atoms with Gasteiger partial charge in [0.2, 0.25) is 0 Å². The molecule has 0 aromatic heterocycles. The van der Waals surface area contributed by atoms with E-state index in [0.717, 1.165) is 5.56 Å². The molecule has 0 aliphatic heterocycles. The Hall–Kier alpha value is -2.40. The van der Waals surface area contributed by atoms with Gasteiger partial charge in [0.1, 0.15) is 6.61 Å². The van der Waals surface area contributed by atoms with E-state index in [0.29, 0.717) is 36.1 Å². The number of hydrogen-bond acceptors (Lipinski definition) is 3. The fourth-order valence-corrected chi connectivity index (χ4v) is 2.56. The summed E-state index contributed by atoms with van der Waals surface area (Å²) in [6.45, 7) is 2.32. The first kappa shape index (κ1) is 18.9. The van der Waals surface area contributed by atoms with E-state index in [2.05, 4.69) is 10.6 Å². The zero-order valence-electron chi connectivity index (χ0n) is 14.4. The van der Waals surface area contributed by atoms with Crippen molar-refractivity contribution in [1.82, 2.24) is 5.32 Å². The highest BCUT2D eigenvalue weighted by Gasteiger charge is 2.10. The van der Waals surface area contributed by atoms with Crippen molar-refractivity contribution in [2.75, 3.05) is 18.3 Å². The summed E-state index contributed by atoms with van der Waals surface area (Å²) in [6, 6.07) is 14.8. The van der Waals surface area contributed by atoms with E-state index in [1.165, 1.54) is 0 Å². The maximum absolute atomic E-state index is 12.0. The minimum atomic E-state index is -0.281. The van der Waals surface area contributed by atoms with E-state index in [1.807, 2.05) is 37.3 Å². The van der Waals surface area contributed by atoms with Crippen molar-refractivity contribution in [1.29, 1.82) is 0 Å². The van der Waals surface area contributed by atoms with Crippen LogP contribution in [-0.2, 0) is 6.61 Å². The van der Waals surface area contributed by atoms with Gasteiger partial charge in [0.15, 0.2) is 11.5 Å². The highest BCUT2D eigenvalue weighted by molar-refractivity contribution is 6.17. The number of alkyl halides is 1. The Kier molecular flexibility index (Phi) is 7.41. The van der Waals surface area contributed by atoms with E-state index in [-0.39, 0.29) is 12.1 Å². The molecule has 25 heavy (non-hydrogen) atoms. The van der Waals surface area contributed by atoms with Gasteiger partial charge in [-0.25, -0.2) is 4.79 Å². The second-order valence-corrected chi connectivity index (χ2v) is 6.00. The summed E-state index contributed by atoms with van der Waals surface area (Å²) in [5, 5.41) is 5.62. The fourth-order valence-electron chi connectivity index (χ4n) is 2.23. The van der Waals surface area contributed by atoms with Crippen molar-refractivity contribution in [3.63, 3.8) is 0 Å². The molecule has 2 aromatic carbocycles. The van der Waals surface area contributed by atoms with Crippen LogP contribution in [-0.4, -0.2) is 25.1 Å². The molecule has 0 saturated heterocycles. The van der Waals surface area contributed by atoms with Crippen LogP contribution in [0.3, 0.4) is 0 Å². The van der Waals surface area contributed by atoms with Gasteiger partial charge in [0.05, 0.1) is 7.11 Å². The highest BCUT2D eigenvalue weighted by Crippen LogP contribution is 2.30. The van der Waals surface area contributed by atoms with Gasteiger partial charge < -0.3 is 20.1 Å². The Balaban J connectivity index is 2.01. The second kappa shape index (κ2) is 9.79. The number of amides is 2. The molecule has 0 bridgehead atoms. The molecule has 0 aliphatic rings. The molecular formula is C19H23ClN2O3. The predicted molar refractivity (Wildman–Crippen MR) is 101 cm³/mol. The van der Waals surface area contributed by atoms with E-state index >= 15 is 0 Å². The standard InChI is InChI=1S/C19H23ClN2O3/c1-14(10-11-20)21-19(23)22-16-8-9-17(24-2)18(12-16)25-13-15-6-4-3-5-7-15/h3-9,12,14H,10-11,13H2,1-2H3,(H2,21,22,23)/t14-/m0/s1. The third-order valence-corrected chi connectivity index (χ3v) is 3.80. The molecule has 5 nitrogen and oxygen atoms in total. The van der Waals surface area contributed by atoms with E-state index in [9.17, 15) is 4.79 Å². The number of halogens is 1. The summed E-state index contributed by atoms with van der Waals surface area (Å²) in [5.41, 5.74) is 1.68. The lowest BCUT2D eigenvalue weighted by atomic mass is 10.2. The number of nitrogens with one attached hydrogen (secondary N) is 2. The van der Waals surface area contributed by atoms with Gasteiger partial charge in [-0.3, -0.25) is 0 Å². The number of benzene rings is 2. The van der Waals surface area contributed by atoms with Crippen molar-refractivity contribution in [2.45, 2.75) is 26.0 Å². The van der Waals surface area contributed by atoms with Crippen molar-refractivity contribution in [2.24, 2.45) is 0 Å². The molecule has 2 amide bonds. The molecule has 0 fully saturated rings. The quantitative estimate of drug-likeness (QED) is 0.684. The molecule has 0 heterocycles. The molecular weight excluding hydrogens is 340 g/mol. The first-order valence-electron chi connectivity index (χ1n) is 8.10. The Morgan fingerprint density at radius 3 is 2.60 bits per heavy atom. The van der Waals surface area contributed by atoms with Gasteiger partial charge in [-0.15, -0.1) is 11.6 Å². The molecule has 0 unspecified atom stereocenters. The van der Waals surface area contributed by atoms with Crippen LogP contribution in [0.15, 0.2) is 48.5 Å². The average molecular weight is 363 g/mol. The Labute approximate surface area is 153 Å². The number of carbonyl (C=O) groups excluding carboxylic acids is 1. The summed E-state index contributed by atoms with van der Waals surface area (Å²) in [6.07, 6.45) is 0.711. The fraction of sp³-hybridized carbons (Fsp3) is 0.316. The first-order chi connectivity index (χ1) is 12.1. The lowest BCUT2D eigenvalue weighted by Crippen LogP contribution is -2.36. The summed E-state index contributed by atoms with van der Waals surface area (Å²) in [4.78, 5) is 12.0. The number of carbonyl (C=O) groups is 1. The van der Waals surface area contributed by atoms with Crippen LogP contribution in [0.4, 0.5) is 10.5 Å². The predicted octanol–water partition coefficient (Wildman–Crippen LogP) is 4.41. The first-order valence-corrected chi connectivity index (χ1v) is 8.64. The third kappa shape index (κ3) is 6.19. The van der Waals surface area contributed by atoms with Crippen molar-refractivity contribution >= 4 is 23.3 Å². The van der Waals surface area contributed by atoms with Crippen LogP contribution in [0.1, 0.15) is 18.9 Å². The molecule has 6 heteroatoms. The number of anilines is 1. The molecule has 2 rings (SSSR count). The second-order valence-electron chi connectivity index (χ2n) is 5.62. The zero-order chi connectivity index (χ0) is 18.1. The molecule has 2 aromatic rings. The Bertz CT molecular complexity index is 680. The van der Waals surface area contributed by atoms with E-state index in [4.69, 9.17) is 21.1 Å². The zero-order valence-corrected chi connectivity index (χ0v) is 15.2. The van der Waals surface area contributed by atoms with Crippen molar-refractivity contribution in [3.8, 4) is 11.5 Å². The maximum atomic E-state index is 12.0. The van der Waals surface area contributed by atoms with Gasteiger partial charge in [0.25, 0.3) is 0 Å². The lowest BCUT2D eigenvalue weighted by molar-refractivity contribution is 0.249. The normalized spacial score (nSPS) is 11.5. The number of hydrogen-bond donors (Lipinski definition) is 2. The SMILES string of the molecule is COc1ccc(NC(=O)N[C@@H](C)CCCl)cc1OCc1ccccc1. The molecule has 1 atom stereocenters. The summed E-state index contributed by atoms with van der Waals surface area (Å²) in [5.74, 6) is 1.68. The number of rotatable bonds is 8. The summed E-state index contributed by atoms with van der Waals surface area (Å²) in [7, 11) is 1.58. The maximum Gasteiger partial charge on any atom is 0.319 e. The van der Waals surface area contributed by atoms with Crippen LogP contribution < -0.4 is 20.1 Å². The van der Waals surface area contributed by atoms with Crippen molar-refractivity contribution < 1.29 is 14.3 Å². The largest absolute Gasteiger partial charge is 0.493 e.